The average Bonchev–Trinajstić information content (AvgIpc) is 2.44. The average molecular weight is 277 g/mol. The number of nitrogens with zero attached hydrogens (tertiary/aromatic N) is 1. The molecule has 1 atom stereocenters. The van der Waals surface area contributed by atoms with Crippen LogP contribution in [-0.2, 0) is 16.0 Å². The van der Waals surface area contributed by atoms with Gasteiger partial charge in [-0.15, -0.1) is 0 Å². The van der Waals surface area contributed by atoms with Gasteiger partial charge in [-0.1, -0.05) is 39.0 Å². The summed E-state index contributed by atoms with van der Waals surface area (Å²) in [5.41, 5.74) is 1.90. The van der Waals surface area contributed by atoms with Crippen LogP contribution in [0.25, 0.3) is 0 Å². The molecule has 1 aromatic rings. The lowest BCUT2D eigenvalue weighted by atomic mass is 10.1. The van der Waals surface area contributed by atoms with E-state index in [0.29, 0.717) is 6.42 Å². The first kappa shape index (κ1) is 16.2. The number of aliphatic carboxylic acids is 1. The van der Waals surface area contributed by atoms with Gasteiger partial charge in [0.2, 0.25) is 5.91 Å². The molecule has 0 saturated carbocycles. The van der Waals surface area contributed by atoms with Crippen LogP contribution in [0, 0.1) is 5.92 Å². The molecule has 0 aromatic heterocycles. The smallest absolute Gasteiger partial charge is 0.308 e. The topological polar surface area (TPSA) is 57.6 Å². The molecule has 1 rings (SSSR count). The minimum atomic E-state index is -0.881. The third kappa shape index (κ3) is 4.08. The van der Waals surface area contributed by atoms with E-state index in [-0.39, 0.29) is 12.5 Å². The van der Waals surface area contributed by atoms with Gasteiger partial charge in [-0.2, -0.15) is 0 Å². The molecule has 1 N–H and O–H groups in total. The second kappa shape index (κ2) is 7.68. The van der Waals surface area contributed by atoms with Crippen molar-refractivity contribution in [3.05, 3.63) is 29.8 Å². The van der Waals surface area contributed by atoms with Crippen LogP contribution in [0.2, 0.25) is 0 Å². The van der Waals surface area contributed by atoms with E-state index in [1.165, 1.54) is 0 Å². The number of carbonyl (C=O) groups is 2. The summed E-state index contributed by atoms with van der Waals surface area (Å²) in [5, 5.41) is 9.08. The van der Waals surface area contributed by atoms with Gasteiger partial charge in [0.05, 0.1) is 5.92 Å². The minimum absolute atomic E-state index is 0.0125. The van der Waals surface area contributed by atoms with E-state index in [4.69, 9.17) is 5.11 Å². The van der Waals surface area contributed by atoms with Gasteiger partial charge in [0.1, 0.15) is 0 Å². The van der Waals surface area contributed by atoms with Crippen LogP contribution in [0.15, 0.2) is 24.3 Å². The Morgan fingerprint density at radius 1 is 1.25 bits per heavy atom. The van der Waals surface area contributed by atoms with Gasteiger partial charge in [-0.3, -0.25) is 9.59 Å². The highest BCUT2D eigenvalue weighted by atomic mass is 16.4. The summed E-state index contributed by atoms with van der Waals surface area (Å²) in [7, 11) is 0. The first-order chi connectivity index (χ1) is 9.51. The third-order valence-electron chi connectivity index (χ3n) is 3.31. The fourth-order valence-corrected chi connectivity index (χ4v) is 2.11. The zero-order valence-electron chi connectivity index (χ0n) is 12.4. The Morgan fingerprint density at radius 2 is 1.90 bits per heavy atom. The molecule has 4 heteroatoms. The Labute approximate surface area is 120 Å². The van der Waals surface area contributed by atoms with Gasteiger partial charge in [0.15, 0.2) is 0 Å². The first-order valence-electron chi connectivity index (χ1n) is 7.12. The number of benzene rings is 1. The number of carboxylic acids is 1. The van der Waals surface area contributed by atoms with Gasteiger partial charge in [-0.25, -0.2) is 0 Å². The third-order valence-corrected chi connectivity index (χ3v) is 3.31. The largest absolute Gasteiger partial charge is 0.481 e. The summed E-state index contributed by atoms with van der Waals surface area (Å²) in [6.07, 6.45) is 2.00. The number of hydrogen-bond acceptors (Lipinski definition) is 2. The maximum atomic E-state index is 12.3. The van der Waals surface area contributed by atoms with Crippen LogP contribution in [0.1, 0.15) is 39.2 Å². The van der Waals surface area contributed by atoms with Crippen molar-refractivity contribution in [1.82, 2.24) is 0 Å². The number of carboxylic acid groups (broad SMARTS) is 1. The Morgan fingerprint density at radius 3 is 2.45 bits per heavy atom. The molecule has 1 aromatic carbocycles. The Hall–Kier alpha value is -1.84. The van der Waals surface area contributed by atoms with Gasteiger partial charge >= 0.3 is 5.97 Å². The molecular formula is C16H23NO3. The summed E-state index contributed by atoms with van der Waals surface area (Å²) < 4.78 is 0. The fraction of sp³-hybridized carbons (Fsp3) is 0.500. The molecular weight excluding hydrogens is 254 g/mol. The molecule has 0 fully saturated rings. The zero-order valence-corrected chi connectivity index (χ0v) is 12.4. The standard InChI is InChI=1S/C16H23NO3/c1-4-8-15(18)17(11-12(3)16(19)20)14-10-7-6-9-13(14)5-2/h6-7,9-10,12H,4-5,8,11H2,1-3H3,(H,19,20). The van der Waals surface area contributed by atoms with E-state index in [0.717, 1.165) is 24.1 Å². The number of amides is 1. The minimum Gasteiger partial charge on any atom is -0.481 e. The van der Waals surface area contributed by atoms with E-state index in [9.17, 15) is 9.59 Å². The van der Waals surface area contributed by atoms with Crippen molar-refractivity contribution in [2.45, 2.75) is 40.0 Å². The summed E-state index contributed by atoms with van der Waals surface area (Å²) in [6, 6.07) is 7.69. The first-order valence-corrected chi connectivity index (χ1v) is 7.12. The molecule has 0 bridgehead atoms. The highest BCUT2D eigenvalue weighted by Gasteiger charge is 2.22. The van der Waals surface area contributed by atoms with Crippen LogP contribution in [0.3, 0.4) is 0 Å². The Kier molecular flexibility index (Phi) is 6.22. The molecule has 0 heterocycles. The van der Waals surface area contributed by atoms with Gasteiger partial charge in [0.25, 0.3) is 0 Å². The van der Waals surface area contributed by atoms with Gasteiger partial charge < -0.3 is 10.0 Å². The second-order valence-corrected chi connectivity index (χ2v) is 4.98. The van der Waals surface area contributed by atoms with Crippen LogP contribution in [0.5, 0.6) is 0 Å². The predicted molar refractivity (Wildman–Crippen MR) is 79.9 cm³/mol. The summed E-state index contributed by atoms with van der Waals surface area (Å²) in [6.45, 7) is 5.82. The molecule has 0 radical (unpaired) electrons. The summed E-state index contributed by atoms with van der Waals surface area (Å²) >= 11 is 0. The number of para-hydroxylation sites is 1. The summed E-state index contributed by atoms with van der Waals surface area (Å²) in [4.78, 5) is 25.0. The van der Waals surface area contributed by atoms with Crippen LogP contribution < -0.4 is 4.90 Å². The van der Waals surface area contributed by atoms with Crippen molar-refractivity contribution >= 4 is 17.6 Å². The van der Waals surface area contributed by atoms with Crippen LogP contribution in [0.4, 0.5) is 5.69 Å². The van der Waals surface area contributed by atoms with Gasteiger partial charge in [0, 0.05) is 18.7 Å². The Balaban J connectivity index is 3.09. The number of anilines is 1. The molecule has 0 aliphatic rings. The van der Waals surface area contributed by atoms with Crippen LogP contribution in [-0.4, -0.2) is 23.5 Å². The van der Waals surface area contributed by atoms with E-state index in [2.05, 4.69) is 0 Å². The van der Waals surface area contributed by atoms with Crippen molar-refractivity contribution in [3.63, 3.8) is 0 Å². The normalized spacial score (nSPS) is 11.9. The van der Waals surface area contributed by atoms with Crippen molar-refractivity contribution in [3.8, 4) is 0 Å². The molecule has 1 unspecified atom stereocenters. The molecule has 0 spiro atoms. The molecule has 20 heavy (non-hydrogen) atoms. The molecule has 110 valence electrons. The number of carbonyl (C=O) groups excluding carboxylic acids is 1. The number of aryl methyl sites for hydroxylation is 1. The van der Waals surface area contributed by atoms with E-state index in [1.807, 2.05) is 38.1 Å². The molecule has 0 aliphatic heterocycles. The van der Waals surface area contributed by atoms with E-state index >= 15 is 0 Å². The molecule has 0 saturated heterocycles. The highest BCUT2D eigenvalue weighted by Crippen LogP contribution is 2.23. The zero-order chi connectivity index (χ0) is 15.1. The van der Waals surface area contributed by atoms with Crippen LogP contribution >= 0.6 is 0 Å². The molecule has 4 nitrogen and oxygen atoms in total. The molecule has 0 aliphatic carbocycles. The quantitative estimate of drug-likeness (QED) is 0.833. The lowest BCUT2D eigenvalue weighted by molar-refractivity contribution is -0.140. The fourth-order valence-electron chi connectivity index (χ4n) is 2.11. The maximum absolute atomic E-state index is 12.3. The second-order valence-electron chi connectivity index (χ2n) is 4.98. The maximum Gasteiger partial charge on any atom is 0.308 e. The lowest BCUT2D eigenvalue weighted by Gasteiger charge is -2.26. The SMILES string of the molecule is CCCC(=O)N(CC(C)C(=O)O)c1ccccc1CC. The molecule has 1 amide bonds. The lowest BCUT2D eigenvalue weighted by Crippen LogP contribution is -2.37. The predicted octanol–water partition coefficient (Wildman–Crippen LogP) is 3.10. The van der Waals surface area contributed by atoms with E-state index in [1.54, 1.807) is 11.8 Å². The number of hydrogen-bond donors (Lipinski definition) is 1. The van der Waals surface area contributed by atoms with Crippen molar-refractivity contribution in [2.24, 2.45) is 5.92 Å². The summed E-state index contributed by atoms with van der Waals surface area (Å²) in [5.74, 6) is -1.48. The monoisotopic (exact) mass is 277 g/mol. The Bertz CT molecular complexity index is 471. The van der Waals surface area contributed by atoms with Crippen molar-refractivity contribution in [1.29, 1.82) is 0 Å². The van der Waals surface area contributed by atoms with Crippen molar-refractivity contribution in [2.75, 3.05) is 11.4 Å². The number of rotatable bonds is 7. The van der Waals surface area contributed by atoms with Crippen molar-refractivity contribution < 1.29 is 14.7 Å². The highest BCUT2D eigenvalue weighted by molar-refractivity contribution is 5.94. The van der Waals surface area contributed by atoms with E-state index < -0.39 is 11.9 Å². The van der Waals surface area contributed by atoms with Gasteiger partial charge in [-0.05, 0) is 24.5 Å².